The molecule has 0 aliphatic rings. The van der Waals surface area contributed by atoms with Crippen molar-refractivity contribution < 1.29 is 23.1 Å². The van der Waals surface area contributed by atoms with Gasteiger partial charge in [-0.2, -0.15) is 13.2 Å². The number of carbonyl (C=O) groups excluding carboxylic acids is 1. The van der Waals surface area contributed by atoms with Gasteiger partial charge < -0.3 is 10.4 Å². The van der Waals surface area contributed by atoms with E-state index < -0.39 is 29.3 Å². The standard InChI is InChI=1S/C11H12F3NO2/c1-7(16)6-15-10(17)8-4-2-3-5-9(8)11(12,13)14/h2-5,7,16H,6H2,1H3,(H,15,17). The first kappa shape index (κ1) is 13.5. The first-order valence-electron chi connectivity index (χ1n) is 4.95. The summed E-state index contributed by atoms with van der Waals surface area (Å²) in [6.07, 6.45) is -5.38. The van der Waals surface area contributed by atoms with Gasteiger partial charge in [-0.1, -0.05) is 12.1 Å². The average molecular weight is 247 g/mol. The van der Waals surface area contributed by atoms with Crippen LogP contribution in [0.4, 0.5) is 13.2 Å². The lowest BCUT2D eigenvalue weighted by Crippen LogP contribution is -2.32. The van der Waals surface area contributed by atoms with Gasteiger partial charge >= 0.3 is 6.18 Å². The van der Waals surface area contributed by atoms with Crippen LogP contribution in [0.1, 0.15) is 22.8 Å². The number of hydrogen-bond donors (Lipinski definition) is 2. The third-order valence-electron chi connectivity index (χ3n) is 2.04. The molecule has 0 aliphatic carbocycles. The molecule has 1 aromatic rings. The van der Waals surface area contributed by atoms with Crippen molar-refractivity contribution in [2.24, 2.45) is 0 Å². The van der Waals surface area contributed by atoms with Crippen LogP contribution in [-0.2, 0) is 6.18 Å². The van der Waals surface area contributed by atoms with E-state index in [-0.39, 0.29) is 6.54 Å². The molecular formula is C11H12F3NO2. The lowest BCUT2D eigenvalue weighted by Gasteiger charge is -2.13. The van der Waals surface area contributed by atoms with Crippen LogP contribution in [0.3, 0.4) is 0 Å². The molecule has 1 rings (SSSR count). The molecule has 94 valence electrons. The van der Waals surface area contributed by atoms with Gasteiger partial charge in [-0.15, -0.1) is 0 Å². The Balaban J connectivity index is 2.94. The van der Waals surface area contributed by atoms with Gasteiger partial charge in [0.05, 0.1) is 17.2 Å². The molecule has 17 heavy (non-hydrogen) atoms. The third kappa shape index (κ3) is 3.74. The van der Waals surface area contributed by atoms with Crippen LogP contribution in [0.2, 0.25) is 0 Å². The summed E-state index contributed by atoms with van der Waals surface area (Å²) in [5.74, 6) is -0.848. The van der Waals surface area contributed by atoms with Gasteiger partial charge in [0.2, 0.25) is 0 Å². The highest BCUT2D eigenvalue weighted by atomic mass is 19.4. The van der Waals surface area contributed by atoms with E-state index in [0.717, 1.165) is 12.1 Å². The molecule has 1 unspecified atom stereocenters. The van der Waals surface area contributed by atoms with Crippen molar-refractivity contribution in [3.63, 3.8) is 0 Å². The van der Waals surface area contributed by atoms with Crippen LogP contribution in [-0.4, -0.2) is 23.7 Å². The maximum absolute atomic E-state index is 12.6. The Morgan fingerprint density at radius 2 is 2.00 bits per heavy atom. The summed E-state index contributed by atoms with van der Waals surface area (Å²) in [7, 11) is 0. The van der Waals surface area contributed by atoms with Gasteiger partial charge in [0.25, 0.3) is 5.91 Å². The number of aliphatic hydroxyl groups excluding tert-OH is 1. The monoisotopic (exact) mass is 247 g/mol. The molecule has 0 fully saturated rings. The number of rotatable bonds is 3. The van der Waals surface area contributed by atoms with E-state index >= 15 is 0 Å². The predicted molar refractivity (Wildman–Crippen MR) is 55.5 cm³/mol. The zero-order valence-corrected chi connectivity index (χ0v) is 9.08. The molecule has 3 nitrogen and oxygen atoms in total. The summed E-state index contributed by atoms with van der Waals surface area (Å²) in [5.41, 5.74) is -1.43. The normalized spacial score (nSPS) is 13.2. The van der Waals surface area contributed by atoms with Crippen LogP contribution in [0, 0.1) is 0 Å². The molecule has 0 saturated heterocycles. The van der Waals surface area contributed by atoms with Gasteiger partial charge in [-0.3, -0.25) is 4.79 Å². The van der Waals surface area contributed by atoms with Gasteiger partial charge in [-0.25, -0.2) is 0 Å². The summed E-state index contributed by atoms with van der Waals surface area (Å²) in [4.78, 5) is 11.5. The molecule has 0 spiro atoms. The molecule has 0 bridgehead atoms. The minimum absolute atomic E-state index is 0.0922. The molecule has 0 aromatic heterocycles. The molecule has 0 heterocycles. The number of hydrogen-bond acceptors (Lipinski definition) is 2. The summed E-state index contributed by atoms with van der Waals surface area (Å²) >= 11 is 0. The van der Waals surface area contributed by atoms with E-state index in [9.17, 15) is 18.0 Å². The number of carbonyl (C=O) groups is 1. The SMILES string of the molecule is CC(O)CNC(=O)c1ccccc1C(F)(F)F. The molecule has 0 radical (unpaired) electrons. The van der Waals surface area contributed by atoms with Crippen molar-refractivity contribution in [3.05, 3.63) is 35.4 Å². The Hall–Kier alpha value is -1.56. The molecular weight excluding hydrogens is 235 g/mol. The van der Waals surface area contributed by atoms with Crippen molar-refractivity contribution in [2.75, 3.05) is 6.54 Å². The maximum Gasteiger partial charge on any atom is 0.417 e. The van der Waals surface area contributed by atoms with E-state index in [2.05, 4.69) is 5.32 Å². The number of halogens is 3. The molecule has 0 aliphatic heterocycles. The first-order chi connectivity index (χ1) is 7.82. The Morgan fingerprint density at radius 3 is 2.53 bits per heavy atom. The number of amides is 1. The third-order valence-corrected chi connectivity index (χ3v) is 2.04. The lowest BCUT2D eigenvalue weighted by molar-refractivity contribution is -0.137. The van der Waals surface area contributed by atoms with Gasteiger partial charge in [0.1, 0.15) is 0 Å². The van der Waals surface area contributed by atoms with E-state index in [1.54, 1.807) is 0 Å². The fourth-order valence-electron chi connectivity index (χ4n) is 1.26. The van der Waals surface area contributed by atoms with Gasteiger partial charge in [0.15, 0.2) is 0 Å². The second-order valence-corrected chi connectivity index (χ2v) is 3.60. The van der Waals surface area contributed by atoms with Crippen LogP contribution >= 0.6 is 0 Å². The van der Waals surface area contributed by atoms with E-state index in [1.165, 1.54) is 19.1 Å². The van der Waals surface area contributed by atoms with Crippen LogP contribution in [0.25, 0.3) is 0 Å². The molecule has 1 aromatic carbocycles. The van der Waals surface area contributed by atoms with E-state index in [1.807, 2.05) is 0 Å². The summed E-state index contributed by atoms with van der Waals surface area (Å²) < 4.78 is 37.7. The molecule has 0 saturated carbocycles. The van der Waals surface area contributed by atoms with E-state index in [4.69, 9.17) is 5.11 Å². The molecule has 1 atom stereocenters. The Morgan fingerprint density at radius 1 is 1.41 bits per heavy atom. The highest BCUT2D eigenvalue weighted by Gasteiger charge is 2.34. The largest absolute Gasteiger partial charge is 0.417 e. The lowest BCUT2D eigenvalue weighted by atomic mass is 10.1. The number of benzene rings is 1. The van der Waals surface area contributed by atoms with Crippen LogP contribution < -0.4 is 5.32 Å². The summed E-state index contributed by atoms with van der Waals surface area (Å²) in [6.45, 7) is 1.33. The number of alkyl halides is 3. The van der Waals surface area contributed by atoms with Crippen LogP contribution in [0.5, 0.6) is 0 Å². The molecule has 6 heteroatoms. The Bertz CT molecular complexity index is 402. The molecule has 2 N–H and O–H groups in total. The second kappa shape index (κ2) is 5.18. The highest BCUT2D eigenvalue weighted by molar-refractivity contribution is 5.95. The highest BCUT2D eigenvalue weighted by Crippen LogP contribution is 2.31. The average Bonchev–Trinajstić information content (AvgIpc) is 2.24. The topological polar surface area (TPSA) is 49.3 Å². The smallest absolute Gasteiger partial charge is 0.392 e. The van der Waals surface area contributed by atoms with Crippen molar-refractivity contribution >= 4 is 5.91 Å². The zero-order chi connectivity index (χ0) is 13.1. The van der Waals surface area contributed by atoms with Crippen molar-refractivity contribution in [1.29, 1.82) is 0 Å². The first-order valence-corrected chi connectivity index (χ1v) is 4.95. The summed E-state index contributed by atoms with van der Waals surface area (Å²) in [5, 5.41) is 11.2. The number of aliphatic hydroxyl groups is 1. The number of nitrogens with one attached hydrogen (secondary N) is 1. The predicted octanol–water partition coefficient (Wildman–Crippen LogP) is 1.82. The van der Waals surface area contributed by atoms with Crippen molar-refractivity contribution in [2.45, 2.75) is 19.2 Å². The van der Waals surface area contributed by atoms with Crippen LogP contribution in [0.15, 0.2) is 24.3 Å². The molecule has 1 amide bonds. The van der Waals surface area contributed by atoms with Gasteiger partial charge in [0, 0.05) is 6.54 Å². The fraction of sp³-hybridized carbons (Fsp3) is 0.364. The minimum atomic E-state index is -4.57. The second-order valence-electron chi connectivity index (χ2n) is 3.60. The zero-order valence-electron chi connectivity index (χ0n) is 9.08. The maximum atomic E-state index is 12.6. The quantitative estimate of drug-likeness (QED) is 0.855. The Kier molecular flexibility index (Phi) is 4.11. The Labute approximate surface area is 96.3 Å². The van der Waals surface area contributed by atoms with E-state index in [0.29, 0.717) is 0 Å². The van der Waals surface area contributed by atoms with Crippen molar-refractivity contribution in [1.82, 2.24) is 5.32 Å². The fourth-order valence-corrected chi connectivity index (χ4v) is 1.26. The van der Waals surface area contributed by atoms with Gasteiger partial charge in [-0.05, 0) is 19.1 Å². The van der Waals surface area contributed by atoms with Crippen molar-refractivity contribution in [3.8, 4) is 0 Å². The summed E-state index contributed by atoms with van der Waals surface area (Å²) in [6, 6.07) is 4.51. The minimum Gasteiger partial charge on any atom is -0.392 e.